The van der Waals surface area contributed by atoms with Crippen molar-refractivity contribution in [1.29, 1.82) is 0 Å². The minimum atomic E-state index is -0.359. The van der Waals surface area contributed by atoms with Gasteiger partial charge in [-0.2, -0.15) is 0 Å². The molecule has 5 aromatic rings. The number of aromatic nitrogens is 2. The van der Waals surface area contributed by atoms with Gasteiger partial charge in [0.05, 0.1) is 11.9 Å². The van der Waals surface area contributed by atoms with Crippen LogP contribution in [0.25, 0.3) is 17.1 Å². The predicted octanol–water partition coefficient (Wildman–Crippen LogP) is 7.36. The molecule has 0 radical (unpaired) electrons. The Morgan fingerprint density at radius 2 is 1.38 bits per heavy atom. The van der Waals surface area contributed by atoms with Crippen molar-refractivity contribution in [3.05, 3.63) is 138 Å². The smallest absolute Gasteiger partial charge is 0.166 e. The molecule has 1 atom stereocenters. The monoisotopic (exact) mass is 436 g/mol. The molecule has 0 spiro atoms. The Hall–Kier alpha value is -3.82. The van der Waals surface area contributed by atoms with E-state index in [1.165, 1.54) is 0 Å². The van der Waals surface area contributed by atoms with E-state index >= 15 is 0 Å². The van der Waals surface area contributed by atoms with Gasteiger partial charge in [0.25, 0.3) is 0 Å². The number of nitrogens with zero attached hydrogens (tertiary/aromatic N) is 2. The molecule has 0 saturated carbocycles. The Bertz CT molecular complexity index is 1300. The standard InChI is InChI=1S/C28H21ClN2O/c29-23-15-10-16-24(19-23)31-26(20-30-28(31)22-13-6-2-7-14-22)27(21-11-4-1-5-12-21)32-25-17-8-3-9-18-25/h1-20,27H. The number of hydrogen-bond acceptors (Lipinski definition) is 2. The van der Waals surface area contributed by atoms with Gasteiger partial charge in [0.15, 0.2) is 6.10 Å². The highest BCUT2D eigenvalue weighted by molar-refractivity contribution is 6.30. The van der Waals surface area contributed by atoms with Gasteiger partial charge in [0.1, 0.15) is 11.6 Å². The van der Waals surface area contributed by atoms with Crippen LogP contribution in [0.2, 0.25) is 5.02 Å². The number of imidazole rings is 1. The zero-order chi connectivity index (χ0) is 21.8. The van der Waals surface area contributed by atoms with E-state index in [4.69, 9.17) is 21.3 Å². The lowest BCUT2D eigenvalue weighted by molar-refractivity contribution is 0.240. The summed E-state index contributed by atoms with van der Waals surface area (Å²) in [7, 11) is 0. The molecule has 32 heavy (non-hydrogen) atoms. The maximum atomic E-state index is 6.53. The topological polar surface area (TPSA) is 27.1 Å². The summed E-state index contributed by atoms with van der Waals surface area (Å²) in [6.07, 6.45) is 1.53. The third-order valence-corrected chi connectivity index (χ3v) is 5.49. The van der Waals surface area contributed by atoms with E-state index in [-0.39, 0.29) is 6.10 Å². The maximum absolute atomic E-state index is 6.53. The van der Waals surface area contributed by atoms with Gasteiger partial charge in [-0.25, -0.2) is 4.98 Å². The first-order chi connectivity index (χ1) is 15.8. The highest BCUT2D eigenvalue weighted by Gasteiger charge is 2.24. The Morgan fingerprint density at radius 1 is 0.719 bits per heavy atom. The molecule has 0 bridgehead atoms. The number of para-hydroxylation sites is 1. The van der Waals surface area contributed by atoms with Crippen molar-refractivity contribution in [2.75, 3.05) is 0 Å². The first-order valence-corrected chi connectivity index (χ1v) is 10.8. The normalized spacial score (nSPS) is 11.8. The average molecular weight is 437 g/mol. The molecule has 1 unspecified atom stereocenters. The lowest BCUT2D eigenvalue weighted by Gasteiger charge is -2.22. The second kappa shape index (κ2) is 9.13. The summed E-state index contributed by atoms with van der Waals surface area (Å²) in [5.74, 6) is 1.63. The summed E-state index contributed by atoms with van der Waals surface area (Å²) in [4.78, 5) is 4.82. The van der Waals surface area contributed by atoms with E-state index in [0.717, 1.165) is 34.1 Å². The molecule has 0 N–H and O–H groups in total. The highest BCUT2D eigenvalue weighted by Crippen LogP contribution is 2.34. The van der Waals surface area contributed by atoms with E-state index in [0.29, 0.717) is 5.02 Å². The zero-order valence-corrected chi connectivity index (χ0v) is 18.1. The Kier molecular flexibility index (Phi) is 5.73. The number of halogens is 1. The van der Waals surface area contributed by atoms with Gasteiger partial charge in [-0.05, 0) is 35.9 Å². The van der Waals surface area contributed by atoms with Crippen LogP contribution in [0.15, 0.2) is 121 Å². The van der Waals surface area contributed by atoms with Gasteiger partial charge in [-0.15, -0.1) is 0 Å². The van der Waals surface area contributed by atoms with Gasteiger partial charge in [-0.3, -0.25) is 4.57 Å². The summed E-state index contributed by atoms with van der Waals surface area (Å²) in [5, 5.41) is 0.668. The van der Waals surface area contributed by atoms with E-state index in [1.807, 2.05) is 97.2 Å². The quantitative estimate of drug-likeness (QED) is 0.278. The fraction of sp³-hybridized carbons (Fsp3) is 0.0357. The molecule has 1 aromatic heterocycles. The molecule has 0 aliphatic rings. The van der Waals surface area contributed by atoms with Crippen LogP contribution in [0.3, 0.4) is 0 Å². The molecule has 156 valence electrons. The summed E-state index contributed by atoms with van der Waals surface area (Å²) < 4.78 is 8.66. The second-order valence-corrected chi connectivity index (χ2v) is 7.85. The van der Waals surface area contributed by atoms with Crippen LogP contribution >= 0.6 is 11.6 Å². The average Bonchev–Trinajstić information content (AvgIpc) is 3.29. The van der Waals surface area contributed by atoms with Gasteiger partial charge in [0, 0.05) is 16.3 Å². The van der Waals surface area contributed by atoms with Crippen LogP contribution in [0.5, 0.6) is 5.75 Å². The third kappa shape index (κ3) is 4.16. The van der Waals surface area contributed by atoms with Gasteiger partial charge in [0.2, 0.25) is 0 Å². The summed E-state index contributed by atoms with van der Waals surface area (Å²) in [6, 6.07) is 38.0. The number of benzene rings is 4. The molecule has 0 saturated heterocycles. The molecule has 5 rings (SSSR count). The van der Waals surface area contributed by atoms with Crippen LogP contribution < -0.4 is 4.74 Å². The van der Waals surface area contributed by atoms with Gasteiger partial charge >= 0.3 is 0 Å². The number of ether oxygens (including phenoxy) is 1. The SMILES string of the molecule is Clc1cccc(-n2c(C(Oc3ccccc3)c3ccccc3)cnc2-c2ccccc2)c1. The van der Waals surface area contributed by atoms with Crippen molar-refractivity contribution in [3.8, 4) is 22.8 Å². The van der Waals surface area contributed by atoms with Crippen molar-refractivity contribution >= 4 is 11.6 Å². The van der Waals surface area contributed by atoms with Crippen LogP contribution in [-0.2, 0) is 0 Å². The van der Waals surface area contributed by atoms with Gasteiger partial charge < -0.3 is 4.74 Å². The first kappa shape index (κ1) is 20.1. The Labute approximate surface area is 192 Å². The van der Waals surface area contributed by atoms with E-state index in [9.17, 15) is 0 Å². The molecule has 3 nitrogen and oxygen atoms in total. The van der Waals surface area contributed by atoms with Crippen molar-refractivity contribution in [3.63, 3.8) is 0 Å². The highest BCUT2D eigenvalue weighted by atomic mass is 35.5. The Morgan fingerprint density at radius 3 is 2.06 bits per heavy atom. The predicted molar refractivity (Wildman–Crippen MR) is 129 cm³/mol. The third-order valence-electron chi connectivity index (χ3n) is 5.26. The summed E-state index contributed by atoms with van der Waals surface area (Å²) in [5.41, 5.74) is 3.91. The molecular formula is C28H21ClN2O. The minimum absolute atomic E-state index is 0.359. The van der Waals surface area contributed by atoms with Crippen LogP contribution in [0, 0.1) is 0 Å². The molecular weight excluding hydrogens is 416 g/mol. The van der Waals surface area contributed by atoms with Gasteiger partial charge in [-0.1, -0.05) is 96.5 Å². The fourth-order valence-electron chi connectivity index (χ4n) is 3.79. The summed E-state index contributed by atoms with van der Waals surface area (Å²) >= 11 is 6.37. The van der Waals surface area contributed by atoms with Crippen LogP contribution in [0.4, 0.5) is 0 Å². The van der Waals surface area contributed by atoms with Crippen molar-refractivity contribution in [1.82, 2.24) is 9.55 Å². The molecule has 1 heterocycles. The zero-order valence-electron chi connectivity index (χ0n) is 17.3. The maximum Gasteiger partial charge on any atom is 0.166 e. The lowest BCUT2D eigenvalue weighted by atomic mass is 10.1. The van der Waals surface area contributed by atoms with E-state index < -0.39 is 0 Å². The number of rotatable bonds is 6. The van der Waals surface area contributed by atoms with Crippen LogP contribution in [0.1, 0.15) is 17.4 Å². The molecule has 4 aromatic carbocycles. The minimum Gasteiger partial charge on any atom is -0.479 e. The van der Waals surface area contributed by atoms with E-state index in [2.05, 4.69) is 28.8 Å². The first-order valence-electron chi connectivity index (χ1n) is 10.5. The second-order valence-electron chi connectivity index (χ2n) is 7.41. The Balaban J connectivity index is 1.72. The van der Waals surface area contributed by atoms with Crippen molar-refractivity contribution in [2.24, 2.45) is 0 Å². The summed E-state index contributed by atoms with van der Waals surface area (Å²) in [6.45, 7) is 0. The molecule has 0 aliphatic carbocycles. The molecule has 4 heteroatoms. The van der Waals surface area contributed by atoms with Crippen molar-refractivity contribution in [2.45, 2.75) is 6.10 Å². The van der Waals surface area contributed by atoms with Crippen molar-refractivity contribution < 1.29 is 4.74 Å². The fourth-order valence-corrected chi connectivity index (χ4v) is 3.97. The molecule has 0 amide bonds. The molecule has 0 aliphatic heterocycles. The number of hydrogen-bond donors (Lipinski definition) is 0. The van der Waals surface area contributed by atoms with Crippen LogP contribution in [-0.4, -0.2) is 9.55 Å². The lowest BCUT2D eigenvalue weighted by Crippen LogP contribution is -2.14. The largest absolute Gasteiger partial charge is 0.479 e. The molecule has 0 fully saturated rings. The van der Waals surface area contributed by atoms with E-state index in [1.54, 1.807) is 0 Å².